The highest BCUT2D eigenvalue weighted by atomic mass is 79.9. The van der Waals surface area contributed by atoms with Crippen LogP contribution in [0.2, 0.25) is 0 Å². The molecule has 110 valence electrons. The van der Waals surface area contributed by atoms with Crippen molar-refractivity contribution in [2.45, 2.75) is 50.6 Å². The van der Waals surface area contributed by atoms with E-state index in [1.54, 1.807) is 11.1 Å². The van der Waals surface area contributed by atoms with Gasteiger partial charge < -0.3 is 5.32 Å². The molecular formula is C17H25BrN2. The summed E-state index contributed by atoms with van der Waals surface area (Å²) in [4.78, 5) is 2.81. The number of benzene rings is 1. The van der Waals surface area contributed by atoms with Gasteiger partial charge in [0, 0.05) is 16.6 Å². The normalized spacial score (nSPS) is 26.7. The molecule has 2 atom stereocenters. The van der Waals surface area contributed by atoms with Gasteiger partial charge in [-0.2, -0.15) is 0 Å². The van der Waals surface area contributed by atoms with Gasteiger partial charge in [0.25, 0.3) is 0 Å². The number of hydrogen-bond acceptors (Lipinski definition) is 2. The van der Waals surface area contributed by atoms with E-state index in [0.717, 1.165) is 12.6 Å². The summed E-state index contributed by atoms with van der Waals surface area (Å²) in [5.74, 6) is 0. The number of nitrogens with zero attached hydrogens (tertiary/aromatic N) is 1. The van der Waals surface area contributed by atoms with Crippen LogP contribution in [0.3, 0.4) is 0 Å². The lowest BCUT2D eigenvalue weighted by atomic mass is 9.95. The maximum Gasteiger partial charge on any atom is 0.0356 e. The molecule has 2 aliphatic rings. The maximum absolute atomic E-state index is 3.61. The van der Waals surface area contributed by atoms with Crippen molar-refractivity contribution in [3.63, 3.8) is 0 Å². The summed E-state index contributed by atoms with van der Waals surface area (Å²) in [6, 6.07) is 8.32. The van der Waals surface area contributed by atoms with Crippen LogP contribution >= 0.6 is 15.9 Å². The molecule has 20 heavy (non-hydrogen) atoms. The third kappa shape index (κ3) is 2.95. The summed E-state index contributed by atoms with van der Waals surface area (Å²) in [7, 11) is 2.07. The molecule has 1 aliphatic carbocycles. The molecule has 1 aromatic carbocycles. The smallest absolute Gasteiger partial charge is 0.0356 e. The molecule has 2 nitrogen and oxygen atoms in total. The summed E-state index contributed by atoms with van der Waals surface area (Å²) in [5, 5.41) is 3.32. The number of halogens is 1. The van der Waals surface area contributed by atoms with Gasteiger partial charge in [-0.15, -0.1) is 0 Å². The van der Waals surface area contributed by atoms with Gasteiger partial charge in [0.2, 0.25) is 0 Å². The SMILES string of the molecule is CNCCC1CCCCN1C1CCc2cc(Br)ccc21. The van der Waals surface area contributed by atoms with Gasteiger partial charge in [-0.05, 0) is 75.5 Å². The van der Waals surface area contributed by atoms with E-state index in [1.165, 1.54) is 49.5 Å². The molecule has 0 spiro atoms. The number of nitrogens with one attached hydrogen (secondary N) is 1. The highest BCUT2D eigenvalue weighted by molar-refractivity contribution is 9.10. The molecule has 3 heteroatoms. The van der Waals surface area contributed by atoms with Gasteiger partial charge in [0.05, 0.1) is 0 Å². The van der Waals surface area contributed by atoms with E-state index < -0.39 is 0 Å². The van der Waals surface area contributed by atoms with Crippen molar-refractivity contribution in [2.75, 3.05) is 20.1 Å². The standard InChI is InChI=1S/C17H25BrN2/c1-19-10-9-15-4-2-3-11-20(15)17-8-5-13-12-14(18)6-7-16(13)17/h6-7,12,15,17,19H,2-5,8-11H2,1H3. The highest BCUT2D eigenvalue weighted by Gasteiger charge is 2.33. The van der Waals surface area contributed by atoms with Gasteiger partial charge in [0.15, 0.2) is 0 Å². The lowest BCUT2D eigenvalue weighted by Gasteiger charge is -2.40. The number of piperidine rings is 1. The van der Waals surface area contributed by atoms with Crippen LogP contribution in [0.4, 0.5) is 0 Å². The first-order chi connectivity index (χ1) is 9.79. The van der Waals surface area contributed by atoms with Crippen molar-refractivity contribution < 1.29 is 0 Å². The fourth-order valence-corrected chi connectivity index (χ4v) is 4.37. The van der Waals surface area contributed by atoms with Crippen LogP contribution in [0.25, 0.3) is 0 Å². The molecule has 0 saturated carbocycles. The van der Waals surface area contributed by atoms with E-state index in [2.05, 4.69) is 51.4 Å². The van der Waals surface area contributed by atoms with Gasteiger partial charge in [0.1, 0.15) is 0 Å². The zero-order valence-corrected chi connectivity index (χ0v) is 14.0. The van der Waals surface area contributed by atoms with Crippen LogP contribution in [0.1, 0.15) is 49.3 Å². The third-order valence-electron chi connectivity index (χ3n) is 4.95. The first-order valence-electron chi connectivity index (χ1n) is 7.98. The predicted octanol–water partition coefficient (Wildman–Crippen LogP) is 3.90. The predicted molar refractivity (Wildman–Crippen MR) is 88.1 cm³/mol. The molecule has 1 aliphatic heterocycles. The summed E-state index contributed by atoms with van der Waals surface area (Å²) in [6.45, 7) is 2.43. The minimum atomic E-state index is 0.667. The molecule has 0 bridgehead atoms. The molecule has 1 fully saturated rings. The third-order valence-corrected chi connectivity index (χ3v) is 5.44. The number of fused-ring (bicyclic) bond motifs is 1. The van der Waals surface area contributed by atoms with E-state index in [4.69, 9.17) is 0 Å². The van der Waals surface area contributed by atoms with Crippen LogP contribution in [0, 0.1) is 0 Å². The van der Waals surface area contributed by atoms with Crippen LogP contribution < -0.4 is 5.32 Å². The Morgan fingerprint density at radius 2 is 2.20 bits per heavy atom. The van der Waals surface area contributed by atoms with Crippen LogP contribution in [-0.2, 0) is 6.42 Å². The Morgan fingerprint density at radius 1 is 1.30 bits per heavy atom. The number of hydrogen-bond donors (Lipinski definition) is 1. The lowest BCUT2D eigenvalue weighted by Crippen LogP contribution is -2.42. The Hall–Kier alpha value is -0.380. The highest BCUT2D eigenvalue weighted by Crippen LogP contribution is 2.40. The molecule has 2 unspecified atom stereocenters. The lowest BCUT2D eigenvalue weighted by molar-refractivity contribution is 0.0889. The molecule has 1 N–H and O–H groups in total. The van der Waals surface area contributed by atoms with Crippen molar-refractivity contribution in [3.05, 3.63) is 33.8 Å². The van der Waals surface area contributed by atoms with E-state index in [9.17, 15) is 0 Å². The fourth-order valence-electron chi connectivity index (χ4n) is 3.96. The Bertz CT molecular complexity index is 460. The summed E-state index contributed by atoms with van der Waals surface area (Å²) in [5.41, 5.74) is 3.15. The largest absolute Gasteiger partial charge is 0.320 e. The Kier molecular flexibility index (Phi) is 4.79. The zero-order chi connectivity index (χ0) is 13.9. The second-order valence-electron chi connectivity index (χ2n) is 6.18. The monoisotopic (exact) mass is 336 g/mol. The van der Waals surface area contributed by atoms with E-state index in [0.29, 0.717) is 6.04 Å². The average molecular weight is 337 g/mol. The van der Waals surface area contributed by atoms with Crippen molar-refractivity contribution in [1.82, 2.24) is 10.2 Å². The van der Waals surface area contributed by atoms with Gasteiger partial charge in [-0.1, -0.05) is 28.4 Å². The van der Waals surface area contributed by atoms with E-state index >= 15 is 0 Å². The summed E-state index contributed by atoms with van der Waals surface area (Å²) < 4.78 is 1.22. The topological polar surface area (TPSA) is 15.3 Å². The van der Waals surface area contributed by atoms with Crippen molar-refractivity contribution >= 4 is 15.9 Å². The zero-order valence-electron chi connectivity index (χ0n) is 12.4. The molecule has 1 saturated heterocycles. The molecule has 0 aromatic heterocycles. The fraction of sp³-hybridized carbons (Fsp3) is 0.647. The summed E-state index contributed by atoms with van der Waals surface area (Å²) >= 11 is 3.61. The first-order valence-corrected chi connectivity index (χ1v) is 8.77. The second-order valence-corrected chi connectivity index (χ2v) is 7.09. The Labute approximate surface area is 131 Å². The molecule has 3 rings (SSSR count). The molecule has 0 amide bonds. The van der Waals surface area contributed by atoms with Crippen molar-refractivity contribution in [2.24, 2.45) is 0 Å². The van der Waals surface area contributed by atoms with Gasteiger partial charge in [-0.25, -0.2) is 0 Å². The van der Waals surface area contributed by atoms with E-state index in [1.807, 2.05) is 0 Å². The van der Waals surface area contributed by atoms with Gasteiger partial charge >= 0.3 is 0 Å². The van der Waals surface area contributed by atoms with E-state index in [-0.39, 0.29) is 0 Å². The van der Waals surface area contributed by atoms with Crippen LogP contribution in [0.5, 0.6) is 0 Å². The van der Waals surface area contributed by atoms with Crippen LogP contribution in [0.15, 0.2) is 22.7 Å². The average Bonchev–Trinajstić information content (AvgIpc) is 2.88. The maximum atomic E-state index is 3.61. The van der Waals surface area contributed by atoms with Crippen molar-refractivity contribution in [1.29, 1.82) is 0 Å². The molecular weight excluding hydrogens is 312 g/mol. The van der Waals surface area contributed by atoms with Gasteiger partial charge in [-0.3, -0.25) is 4.90 Å². The number of aryl methyl sites for hydroxylation is 1. The summed E-state index contributed by atoms with van der Waals surface area (Å²) in [6.07, 6.45) is 8.00. The minimum Gasteiger partial charge on any atom is -0.320 e. The quantitative estimate of drug-likeness (QED) is 0.896. The van der Waals surface area contributed by atoms with Crippen molar-refractivity contribution in [3.8, 4) is 0 Å². The second kappa shape index (κ2) is 6.59. The molecule has 1 aromatic rings. The Balaban J connectivity index is 1.78. The minimum absolute atomic E-state index is 0.667. The first kappa shape index (κ1) is 14.6. The van der Waals surface area contributed by atoms with Crippen LogP contribution in [-0.4, -0.2) is 31.1 Å². The number of likely N-dealkylation sites (tertiary alicyclic amines) is 1. The number of rotatable bonds is 4. The molecule has 0 radical (unpaired) electrons. The Morgan fingerprint density at radius 3 is 3.05 bits per heavy atom. The molecule has 1 heterocycles.